The molecule has 2 aromatic heterocycles. The number of para-hydroxylation sites is 2. The highest BCUT2D eigenvalue weighted by Crippen LogP contribution is 2.42. The maximum Gasteiger partial charge on any atom is 0.143 e. The summed E-state index contributed by atoms with van der Waals surface area (Å²) >= 11 is 0. The molecule has 0 atom stereocenters. The molecule has 0 aliphatic carbocycles. The minimum atomic E-state index is 0.863. The van der Waals surface area contributed by atoms with E-state index >= 15 is 0 Å². The summed E-state index contributed by atoms with van der Waals surface area (Å²) in [7, 11) is 0. The molecule has 12 aromatic rings. The lowest BCUT2D eigenvalue weighted by Gasteiger charge is -2.11. The van der Waals surface area contributed by atoms with Crippen LogP contribution < -0.4 is 0 Å². The van der Waals surface area contributed by atoms with Crippen LogP contribution in [-0.4, -0.2) is 9.97 Å². The third-order valence-corrected chi connectivity index (χ3v) is 11.9. The molecule has 2 heterocycles. The summed E-state index contributed by atoms with van der Waals surface area (Å²) < 4.78 is 6.83. The van der Waals surface area contributed by atoms with Gasteiger partial charge in [-0.1, -0.05) is 194 Å². The van der Waals surface area contributed by atoms with Crippen LogP contribution in [0, 0.1) is 0 Å². The zero-order chi connectivity index (χ0) is 38.9. The Bertz CT molecular complexity index is 3560. The van der Waals surface area contributed by atoms with Crippen LogP contribution in [0.5, 0.6) is 0 Å². The first-order chi connectivity index (χ1) is 29.2. The third kappa shape index (κ3) is 5.44. The molecule has 0 aliphatic rings. The minimum Gasteiger partial charge on any atom is -0.455 e. The minimum absolute atomic E-state index is 0.863. The smallest absolute Gasteiger partial charge is 0.143 e. The molecule has 3 nitrogen and oxygen atoms in total. The molecular formula is C56H34N2O. The first kappa shape index (κ1) is 33.3. The summed E-state index contributed by atoms with van der Waals surface area (Å²) in [6, 6.07) is 71.2. The van der Waals surface area contributed by atoms with Gasteiger partial charge in [0.25, 0.3) is 0 Å². The monoisotopic (exact) mass is 750 g/mol. The van der Waals surface area contributed by atoms with Gasteiger partial charge in [-0.3, -0.25) is 4.98 Å². The van der Waals surface area contributed by atoms with Crippen LogP contribution in [0.2, 0.25) is 0 Å². The van der Waals surface area contributed by atoms with Crippen molar-refractivity contribution >= 4 is 65.3 Å². The van der Waals surface area contributed by atoms with E-state index in [1.54, 1.807) is 0 Å². The number of hydrogen-bond acceptors (Lipinski definition) is 3. The van der Waals surface area contributed by atoms with E-state index in [-0.39, 0.29) is 0 Å². The SMILES string of the molecule is c1cc(-c2ccc(-c3cnc4c5ccccc5c5ccccc5c4n3)cc2)cc(-c2ccc(-c3cccc4c3oc3c(-c5cccc6ccccc56)cccc34)cc2)c1. The van der Waals surface area contributed by atoms with Gasteiger partial charge in [0.1, 0.15) is 11.2 Å². The van der Waals surface area contributed by atoms with Gasteiger partial charge in [-0.05, 0) is 61.0 Å². The molecule has 0 spiro atoms. The van der Waals surface area contributed by atoms with Crippen LogP contribution >= 0.6 is 0 Å². The highest BCUT2D eigenvalue weighted by Gasteiger charge is 2.17. The molecule has 0 saturated carbocycles. The molecule has 0 amide bonds. The van der Waals surface area contributed by atoms with Gasteiger partial charge in [-0.2, -0.15) is 0 Å². The van der Waals surface area contributed by atoms with Crippen LogP contribution in [-0.2, 0) is 0 Å². The van der Waals surface area contributed by atoms with Crippen molar-refractivity contribution in [3.05, 3.63) is 206 Å². The predicted octanol–water partition coefficient (Wildman–Crippen LogP) is 15.3. The molecule has 10 aromatic carbocycles. The molecule has 0 aliphatic heterocycles. The van der Waals surface area contributed by atoms with Crippen molar-refractivity contribution in [1.82, 2.24) is 9.97 Å². The van der Waals surface area contributed by atoms with E-state index in [4.69, 9.17) is 14.4 Å². The number of furan rings is 1. The second-order valence-corrected chi connectivity index (χ2v) is 15.3. The van der Waals surface area contributed by atoms with Gasteiger partial charge in [-0.15, -0.1) is 0 Å². The first-order valence-corrected chi connectivity index (χ1v) is 20.1. The molecule has 0 bridgehead atoms. The fraction of sp³-hybridized carbons (Fsp3) is 0. The Labute approximate surface area is 340 Å². The van der Waals surface area contributed by atoms with Crippen molar-refractivity contribution in [2.75, 3.05) is 0 Å². The fourth-order valence-electron chi connectivity index (χ4n) is 9.04. The fourth-order valence-corrected chi connectivity index (χ4v) is 9.04. The van der Waals surface area contributed by atoms with E-state index in [0.29, 0.717) is 0 Å². The zero-order valence-corrected chi connectivity index (χ0v) is 31.9. The van der Waals surface area contributed by atoms with E-state index < -0.39 is 0 Å². The number of hydrogen-bond donors (Lipinski definition) is 0. The summed E-state index contributed by atoms with van der Waals surface area (Å²) in [5.74, 6) is 0. The first-order valence-electron chi connectivity index (χ1n) is 20.1. The van der Waals surface area contributed by atoms with Crippen LogP contribution in [0.25, 0.3) is 121 Å². The van der Waals surface area contributed by atoms with Gasteiger partial charge >= 0.3 is 0 Å². The average molecular weight is 751 g/mol. The topological polar surface area (TPSA) is 38.9 Å². The standard InChI is InChI=1S/C56H34N2O/c1-2-15-42-37(11-1)12-8-21-44(42)49-22-10-24-51-50-23-9-20-43(55(50)59-56(49)51)38-29-25-35(26-30-38)40-13-7-14-41(33-40)36-27-31-39(32-28-36)52-34-57-53-47-18-5-3-16-45(47)46-17-4-6-19-48(46)54(53)58-52/h1-34H. The Morgan fingerprint density at radius 2 is 0.780 bits per heavy atom. The van der Waals surface area contributed by atoms with E-state index in [1.165, 1.54) is 32.7 Å². The summed E-state index contributed by atoms with van der Waals surface area (Å²) in [5.41, 5.74) is 14.7. The number of nitrogens with zero attached hydrogens (tertiary/aromatic N) is 2. The second kappa shape index (κ2) is 13.4. The molecule has 0 saturated heterocycles. The van der Waals surface area contributed by atoms with Crippen molar-refractivity contribution in [3.63, 3.8) is 0 Å². The quantitative estimate of drug-likeness (QED) is 0.164. The summed E-state index contributed by atoms with van der Waals surface area (Å²) in [4.78, 5) is 10.2. The number of fused-ring (bicyclic) bond motifs is 10. The summed E-state index contributed by atoms with van der Waals surface area (Å²) in [6.07, 6.45) is 1.90. The Balaban J connectivity index is 0.855. The lowest BCUT2D eigenvalue weighted by atomic mass is 9.95. The molecule has 0 N–H and O–H groups in total. The maximum atomic E-state index is 6.83. The highest BCUT2D eigenvalue weighted by molar-refractivity contribution is 6.23. The van der Waals surface area contributed by atoms with Crippen molar-refractivity contribution in [3.8, 4) is 55.8 Å². The largest absolute Gasteiger partial charge is 0.455 e. The third-order valence-electron chi connectivity index (χ3n) is 11.9. The van der Waals surface area contributed by atoms with Crippen LogP contribution in [0.1, 0.15) is 0 Å². The Kier molecular flexibility index (Phi) is 7.54. The van der Waals surface area contributed by atoms with Crippen molar-refractivity contribution in [2.24, 2.45) is 0 Å². The van der Waals surface area contributed by atoms with E-state index in [0.717, 1.165) is 88.4 Å². The van der Waals surface area contributed by atoms with Gasteiger partial charge in [0.15, 0.2) is 0 Å². The van der Waals surface area contributed by atoms with Crippen molar-refractivity contribution in [2.45, 2.75) is 0 Å². The van der Waals surface area contributed by atoms with Crippen molar-refractivity contribution in [1.29, 1.82) is 0 Å². The Morgan fingerprint density at radius 1 is 0.305 bits per heavy atom. The Hall–Kier alpha value is -7.88. The van der Waals surface area contributed by atoms with E-state index in [2.05, 4.69) is 200 Å². The van der Waals surface area contributed by atoms with Crippen LogP contribution in [0.15, 0.2) is 211 Å². The van der Waals surface area contributed by atoms with Crippen LogP contribution in [0.4, 0.5) is 0 Å². The van der Waals surface area contributed by atoms with Gasteiger partial charge < -0.3 is 4.42 Å². The molecular weight excluding hydrogens is 717 g/mol. The normalized spacial score (nSPS) is 11.7. The highest BCUT2D eigenvalue weighted by atomic mass is 16.3. The van der Waals surface area contributed by atoms with Gasteiger partial charge in [0.2, 0.25) is 0 Å². The maximum absolute atomic E-state index is 6.83. The molecule has 0 fully saturated rings. The molecule has 0 unspecified atom stereocenters. The summed E-state index contributed by atoms with van der Waals surface area (Å²) in [6.45, 7) is 0. The molecule has 3 heteroatoms. The molecule has 59 heavy (non-hydrogen) atoms. The molecule has 12 rings (SSSR count). The van der Waals surface area contributed by atoms with Crippen LogP contribution in [0.3, 0.4) is 0 Å². The predicted molar refractivity (Wildman–Crippen MR) is 247 cm³/mol. The summed E-state index contributed by atoms with van der Waals surface area (Å²) in [5, 5.41) is 9.33. The molecule has 0 radical (unpaired) electrons. The van der Waals surface area contributed by atoms with E-state index in [1.807, 2.05) is 6.20 Å². The molecule has 274 valence electrons. The zero-order valence-electron chi connectivity index (χ0n) is 31.9. The van der Waals surface area contributed by atoms with Gasteiger partial charge in [-0.25, -0.2) is 4.98 Å². The lowest BCUT2D eigenvalue weighted by molar-refractivity contribution is 0.671. The number of benzene rings is 10. The Morgan fingerprint density at radius 3 is 1.47 bits per heavy atom. The van der Waals surface area contributed by atoms with E-state index in [9.17, 15) is 0 Å². The van der Waals surface area contributed by atoms with Gasteiger partial charge in [0.05, 0.1) is 22.9 Å². The average Bonchev–Trinajstić information content (AvgIpc) is 3.71. The van der Waals surface area contributed by atoms with Gasteiger partial charge in [0, 0.05) is 38.2 Å². The lowest BCUT2D eigenvalue weighted by Crippen LogP contribution is -1.92. The second-order valence-electron chi connectivity index (χ2n) is 15.3. The van der Waals surface area contributed by atoms with Crippen molar-refractivity contribution < 1.29 is 4.42 Å². The number of aromatic nitrogens is 2. The number of rotatable bonds is 5.